The van der Waals surface area contributed by atoms with Crippen LogP contribution in [0.25, 0.3) is 6.08 Å². The Morgan fingerprint density at radius 3 is 2.83 bits per heavy atom. The maximum absolute atomic E-state index is 11.6. The highest BCUT2D eigenvalue weighted by Crippen LogP contribution is 2.32. The Morgan fingerprint density at radius 2 is 2.22 bits per heavy atom. The number of rotatable bonds is 4. The van der Waals surface area contributed by atoms with Crippen molar-refractivity contribution in [2.24, 2.45) is 5.92 Å². The molecule has 1 heterocycles. The molecule has 7 heteroatoms. The number of anilines is 1. The number of Topliss-reactive ketones (excluding diaryl/α,β-unsaturated/α-hetero) is 1. The van der Waals surface area contributed by atoms with Crippen LogP contribution in [0.3, 0.4) is 0 Å². The van der Waals surface area contributed by atoms with Gasteiger partial charge in [-0.05, 0) is 17.7 Å². The lowest BCUT2D eigenvalue weighted by Gasteiger charge is -2.31. The predicted octanol–water partition coefficient (Wildman–Crippen LogP) is 2.20. The van der Waals surface area contributed by atoms with Crippen molar-refractivity contribution in [3.63, 3.8) is 0 Å². The lowest BCUT2D eigenvalue weighted by molar-refractivity contribution is -0.384. The highest BCUT2D eigenvalue weighted by atomic mass is 16.6. The molecule has 0 aromatic heterocycles. The SMILES string of the molecule is COC(=O)/C=C/c1ccc(N2CCC(=O)C(C)C2)c([N+](=O)[O-])c1. The Kier molecular flexibility index (Phi) is 5.10. The number of carbonyl (C=O) groups excluding carboxylic acids is 2. The van der Waals surface area contributed by atoms with Crippen molar-refractivity contribution in [2.45, 2.75) is 13.3 Å². The van der Waals surface area contributed by atoms with Crippen LogP contribution >= 0.6 is 0 Å². The zero-order valence-electron chi connectivity index (χ0n) is 13.0. The molecule has 1 aliphatic heterocycles. The van der Waals surface area contributed by atoms with E-state index in [1.165, 1.54) is 25.3 Å². The molecule has 0 aliphatic carbocycles. The Bertz CT molecular complexity index is 668. The maximum Gasteiger partial charge on any atom is 0.330 e. The van der Waals surface area contributed by atoms with Gasteiger partial charge < -0.3 is 9.64 Å². The monoisotopic (exact) mass is 318 g/mol. The summed E-state index contributed by atoms with van der Waals surface area (Å²) in [7, 11) is 1.26. The Morgan fingerprint density at radius 1 is 1.48 bits per heavy atom. The van der Waals surface area contributed by atoms with Gasteiger partial charge in [-0.1, -0.05) is 13.0 Å². The number of nitrogens with zero attached hydrogens (tertiary/aromatic N) is 2. The van der Waals surface area contributed by atoms with E-state index in [0.29, 0.717) is 30.8 Å². The molecule has 0 saturated carbocycles. The van der Waals surface area contributed by atoms with E-state index in [0.717, 1.165) is 0 Å². The molecule has 1 aliphatic rings. The summed E-state index contributed by atoms with van der Waals surface area (Å²) in [6.45, 7) is 2.77. The fraction of sp³-hybridized carbons (Fsp3) is 0.375. The van der Waals surface area contributed by atoms with Crippen LogP contribution in [-0.4, -0.2) is 36.9 Å². The van der Waals surface area contributed by atoms with Gasteiger partial charge in [0, 0.05) is 37.6 Å². The first-order chi connectivity index (χ1) is 10.9. The fourth-order valence-electron chi connectivity index (χ4n) is 2.52. The van der Waals surface area contributed by atoms with E-state index in [4.69, 9.17) is 0 Å². The minimum atomic E-state index is -0.528. The first-order valence-electron chi connectivity index (χ1n) is 7.24. The number of nitro benzene ring substituents is 1. The van der Waals surface area contributed by atoms with Gasteiger partial charge in [0.05, 0.1) is 12.0 Å². The van der Waals surface area contributed by atoms with Crippen LogP contribution < -0.4 is 4.90 Å². The van der Waals surface area contributed by atoms with Gasteiger partial charge in [-0.2, -0.15) is 0 Å². The summed E-state index contributed by atoms with van der Waals surface area (Å²) < 4.78 is 4.49. The van der Waals surface area contributed by atoms with Crippen molar-refractivity contribution in [2.75, 3.05) is 25.1 Å². The largest absolute Gasteiger partial charge is 0.466 e. The summed E-state index contributed by atoms with van der Waals surface area (Å²) in [6, 6.07) is 4.76. The fourth-order valence-corrected chi connectivity index (χ4v) is 2.52. The molecule has 1 aromatic rings. The summed E-state index contributed by atoms with van der Waals surface area (Å²) in [4.78, 5) is 35.5. The van der Waals surface area contributed by atoms with Crippen molar-refractivity contribution in [3.8, 4) is 0 Å². The number of hydrogen-bond acceptors (Lipinski definition) is 6. The zero-order valence-corrected chi connectivity index (χ0v) is 13.0. The number of carbonyl (C=O) groups is 2. The molecule has 0 radical (unpaired) electrons. The van der Waals surface area contributed by atoms with E-state index in [1.807, 2.05) is 11.8 Å². The van der Waals surface area contributed by atoms with Crippen LogP contribution in [0.5, 0.6) is 0 Å². The second-order valence-electron chi connectivity index (χ2n) is 5.43. The van der Waals surface area contributed by atoms with Gasteiger partial charge in [-0.3, -0.25) is 14.9 Å². The summed E-state index contributed by atoms with van der Waals surface area (Å²) >= 11 is 0. The van der Waals surface area contributed by atoms with Crippen molar-refractivity contribution >= 4 is 29.2 Å². The van der Waals surface area contributed by atoms with E-state index >= 15 is 0 Å². The summed E-state index contributed by atoms with van der Waals surface area (Å²) in [5.41, 5.74) is 0.982. The number of methoxy groups -OCH3 is 1. The molecule has 122 valence electrons. The number of benzene rings is 1. The molecule has 0 bridgehead atoms. The van der Waals surface area contributed by atoms with Crippen molar-refractivity contribution in [1.29, 1.82) is 0 Å². The molecule has 0 N–H and O–H groups in total. The standard InChI is InChI=1S/C16H18N2O5/c1-11-10-17(8-7-15(11)19)13-5-3-12(4-6-16(20)23-2)9-14(13)18(21)22/h3-6,9,11H,7-8,10H2,1-2H3/b6-4+. The van der Waals surface area contributed by atoms with Gasteiger partial charge in [0.1, 0.15) is 11.5 Å². The van der Waals surface area contributed by atoms with Crippen LogP contribution in [0.4, 0.5) is 11.4 Å². The molecule has 1 atom stereocenters. The van der Waals surface area contributed by atoms with Crippen LogP contribution in [0.2, 0.25) is 0 Å². The van der Waals surface area contributed by atoms with Gasteiger partial charge >= 0.3 is 5.97 Å². The summed E-state index contributed by atoms with van der Waals surface area (Å²) in [6.07, 6.45) is 3.06. The molecule has 1 aromatic carbocycles. The van der Waals surface area contributed by atoms with Gasteiger partial charge in [-0.15, -0.1) is 0 Å². The first kappa shape index (κ1) is 16.7. The number of hydrogen-bond donors (Lipinski definition) is 0. The molecule has 7 nitrogen and oxygen atoms in total. The van der Waals surface area contributed by atoms with Gasteiger partial charge in [0.15, 0.2) is 0 Å². The number of nitro groups is 1. The number of esters is 1. The lowest BCUT2D eigenvalue weighted by atomic mass is 9.97. The third kappa shape index (κ3) is 3.94. The average Bonchev–Trinajstić information content (AvgIpc) is 2.54. The Labute approximate surface area is 133 Å². The molecule has 1 fully saturated rings. The number of ketones is 1. The van der Waals surface area contributed by atoms with E-state index in [1.54, 1.807) is 12.1 Å². The molecule has 2 rings (SSSR count). The van der Waals surface area contributed by atoms with E-state index in [9.17, 15) is 19.7 Å². The van der Waals surface area contributed by atoms with E-state index in [-0.39, 0.29) is 17.4 Å². The quantitative estimate of drug-likeness (QED) is 0.366. The van der Waals surface area contributed by atoms with Gasteiger partial charge in [0.2, 0.25) is 0 Å². The zero-order chi connectivity index (χ0) is 17.0. The molecule has 1 saturated heterocycles. The van der Waals surface area contributed by atoms with Gasteiger partial charge in [0.25, 0.3) is 5.69 Å². The van der Waals surface area contributed by atoms with E-state index < -0.39 is 10.9 Å². The van der Waals surface area contributed by atoms with Crippen LogP contribution in [-0.2, 0) is 14.3 Å². The second-order valence-corrected chi connectivity index (χ2v) is 5.43. The smallest absolute Gasteiger partial charge is 0.330 e. The van der Waals surface area contributed by atoms with Crippen LogP contribution in [0.1, 0.15) is 18.9 Å². The number of piperidine rings is 1. The van der Waals surface area contributed by atoms with Gasteiger partial charge in [-0.25, -0.2) is 4.79 Å². The first-order valence-corrected chi connectivity index (χ1v) is 7.24. The maximum atomic E-state index is 11.6. The summed E-state index contributed by atoms with van der Waals surface area (Å²) in [5, 5.41) is 11.4. The normalized spacial score (nSPS) is 18.3. The van der Waals surface area contributed by atoms with E-state index in [2.05, 4.69) is 4.74 Å². The minimum absolute atomic E-state index is 0.0430. The second kappa shape index (κ2) is 7.04. The number of ether oxygens (including phenoxy) is 1. The van der Waals surface area contributed by atoms with Crippen LogP contribution in [0.15, 0.2) is 24.3 Å². The summed E-state index contributed by atoms with van der Waals surface area (Å²) in [5.74, 6) is -0.483. The Balaban J connectivity index is 2.30. The third-order valence-corrected chi connectivity index (χ3v) is 3.82. The van der Waals surface area contributed by atoms with Crippen LogP contribution in [0, 0.1) is 16.0 Å². The molecule has 1 unspecified atom stereocenters. The Hall–Kier alpha value is -2.70. The highest BCUT2D eigenvalue weighted by molar-refractivity contribution is 5.87. The topological polar surface area (TPSA) is 89.8 Å². The lowest BCUT2D eigenvalue weighted by Crippen LogP contribution is -2.39. The average molecular weight is 318 g/mol. The van der Waals surface area contributed by atoms with Crippen molar-refractivity contribution in [3.05, 3.63) is 40.0 Å². The molecule has 23 heavy (non-hydrogen) atoms. The highest BCUT2D eigenvalue weighted by Gasteiger charge is 2.27. The van der Waals surface area contributed by atoms with Crippen molar-refractivity contribution in [1.82, 2.24) is 0 Å². The molecular formula is C16H18N2O5. The molecule has 0 amide bonds. The molecular weight excluding hydrogens is 300 g/mol. The third-order valence-electron chi connectivity index (χ3n) is 3.82. The minimum Gasteiger partial charge on any atom is -0.466 e. The molecule has 0 spiro atoms. The van der Waals surface area contributed by atoms with Crippen molar-refractivity contribution < 1.29 is 19.2 Å². The predicted molar refractivity (Wildman–Crippen MR) is 85.1 cm³/mol.